The number of urea groups is 1. The molecule has 3 rings (SSSR count). The van der Waals surface area contributed by atoms with Crippen LogP contribution in [0, 0.1) is 17.8 Å². The second-order valence-corrected chi connectivity index (χ2v) is 15.2. The van der Waals surface area contributed by atoms with Crippen molar-refractivity contribution in [2.24, 2.45) is 17.8 Å². The van der Waals surface area contributed by atoms with Gasteiger partial charge in [0.25, 0.3) is 0 Å². The zero-order valence-electron chi connectivity index (χ0n) is 26.9. The van der Waals surface area contributed by atoms with Crippen LogP contribution in [-0.4, -0.2) is 83.0 Å². The number of unbranched alkanes of at least 4 members (excludes halogenated alkanes) is 1. The maximum atomic E-state index is 13.5. The van der Waals surface area contributed by atoms with Crippen molar-refractivity contribution >= 4 is 41.3 Å². The van der Waals surface area contributed by atoms with Gasteiger partial charge in [0, 0.05) is 17.4 Å². The number of hydrogen-bond donors (Lipinski definition) is 5. The first kappa shape index (κ1) is 35.1. The van der Waals surface area contributed by atoms with Gasteiger partial charge in [-0.1, -0.05) is 48.0 Å². The quantitative estimate of drug-likeness (QED) is 0.0892. The minimum absolute atomic E-state index is 0.103. The Balaban J connectivity index is 1.54. The minimum atomic E-state index is -0.863. The van der Waals surface area contributed by atoms with Gasteiger partial charge in [-0.25, -0.2) is 4.79 Å². The summed E-state index contributed by atoms with van der Waals surface area (Å²) in [4.78, 5) is 64.5. The molecule has 43 heavy (non-hydrogen) atoms. The number of fused-ring (bicyclic) bond motifs is 1. The molecule has 0 aromatic heterocycles. The minimum Gasteiger partial charge on any atom is -0.361 e. The zero-order chi connectivity index (χ0) is 31.9. The molecule has 5 amide bonds. The van der Waals surface area contributed by atoms with Gasteiger partial charge in [0.05, 0.1) is 24.7 Å². The van der Waals surface area contributed by atoms with E-state index < -0.39 is 35.5 Å². The smallest absolute Gasteiger partial charge is 0.315 e. The Morgan fingerprint density at radius 2 is 1.40 bits per heavy atom. The van der Waals surface area contributed by atoms with Crippen LogP contribution in [0.2, 0.25) is 0 Å². The Kier molecular flexibility index (Phi) is 12.7. The zero-order valence-corrected chi connectivity index (χ0v) is 27.7. The highest BCUT2D eigenvalue weighted by atomic mass is 32.2. The normalized spacial score (nSPS) is 26.4. The number of thioether (sulfide) groups is 1. The Labute approximate surface area is 260 Å². The summed E-state index contributed by atoms with van der Waals surface area (Å²) in [6, 6.07) is -2.09. The molecule has 3 fully saturated rings. The fourth-order valence-corrected chi connectivity index (χ4v) is 7.36. The molecule has 0 saturated carbocycles. The van der Waals surface area contributed by atoms with Crippen LogP contribution in [0.1, 0.15) is 93.4 Å². The van der Waals surface area contributed by atoms with Gasteiger partial charge in [-0.3, -0.25) is 19.2 Å². The van der Waals surface area contributed by atoms with E-state index >= 15 is 0 Å². The number of hydrogen-bond acceptors (Lipinski definition) is 7. The van der Waals surface area contributed by atoms with Crippen molar-refractivity contribution in [2.75, 3.05) is 12.4 Å². The fourth-order valence-electron chi connectivity index (χ4n) is 5.81. The molecule has 12 heteroatoms. The average Bonchev–Trinajstić information content (AvgIpc) is 3.39. The SMILES string of the molecule is CC(C)C[C@H](NC(=O)CCCC[C@@H]1SCC2NC(=O)NC21)C(=O)N[C@@H](CC(C)C)C(=O)N[C@@H](CC(C)C)C(=O)[C@@]1(C)CO1. The maximum absolute atomic E-state index is 13.5. The van der Waals surface area contributed by atoms with Gasteiger partial charge in [0.1, 0.15) is 17.7 Å². The van der Waals surface area contributed by atoms with Crippen molar-refractivity contribution < 1.29 is 28.7 Å². The average molecular weight is 624 g/mol. The first-order chi connectivity index (χ1) is 20.2. The van der Waals surface area contributed by atoms with Crippen LogP contribution in [-0.2, 0) is 23.9 Å². The van der Waals surface area contributed by atoms with E-state index in [1.54, 1.807) is 6.92 Å². The van der Waals surface area contributed by atoms with E-state index in [1.165, 1.54) is 0 Å². The molecular formula is C31H53N5O6S. The summed E-state index contributed by atoms with van der Waals surface area (Å²) in [6.45, 7) is 14.0. The van der Waals surface area contributed by atoms with Crippen LogP contribution in [0.4, 0.5) is 4.79 Å². The van der Waals surface area contributed by atoms with Crippen LogP contribution in [0.3, 0.4) is 0 Å². The summed E-state index contributed by atoms with van der Waals surface area (Å²) >= 11 is 1.85. The van der Waals surface area contributed by atoms with E-state index in [1.807, 2.05) is 53.3 Å². The third kappa shape index (κ3) is 10.7. The van der Waals surface area contributed by atoms with Crippen molar-refractivity contribution in [3.63, 3.8) is 0 Å². The number of carbonyl (C=O) groups excluding carboxylic acids is 5. The molecule has 5 N–H and O–H groups in total. The Hall–Kier alpha value is -2.34. The molecule has 3 aliphatic heterocycles. The standard InChI is InChI=1S/C31H53N5O6S/c1-17(2)12-20(27(38)31(7)16-42-31)33-29(40)22(14-19(5)6)34-28(39)21(13-18(3)4)32-25(37)11-9-8-10-24-26-23(15-43-24)35-30(41)36-26/h17-24,26H,8-16H2,1-7H3,(H,32,37)(H,33,40)(H,34,39)(H2,35,36,41)/t20-,21-,22-,23?,24-,26?,31+/m0/s1. The molecular weight excluding hydrogens is 570 g/mol. The number of carbonyl (C=O) groups is 5. The number of rotatable bonds is 18. The highest BCUT2D eigenvalue weighted by Gasteiger charge is 2.50. The monoisotopic (exact) mass is 623 g/mol. The molecule has 0 bridgehead atoms. The van der Waals surface area contributed by atoms with E-state index in [0.717, 1.165) is 18.6 Å². The highest BCUT2D eigenvalue weighted by molar-refractivity contribution is 8.00. The maximum Gasteiger partial charge on any atom is 0.315 e. The summed E-state index contributed by atoms with van der Waals surface area (Å²) in [7, 11) is 0. The third-order valence-corrected chi connectivity index (χ3v) is 9.73. The van der Waals surface area contributed by atoms with E-state index in [9.17, 15) is 24.0 Å². The van der Waals surface area contributed by atoms with Crippen molar-refractivity contribution in [3.8, 4) is 0 Å². The lowest BCUT2D eigenvalue weighted by Gasteiger charge is -2.27. The molecule has 0 aromatic carbocycles. The van der Waals surface area contributed by atoms with Crippen molar-refractivity contribution in [2.45, 2.75) is 134 Å². The highest BCUT2D eigenvalue weighted by Crippen LogP contribution is 2.33. The van der Waals surface area contributed by atoms with Crippen molar-refractivity contribution in [1.82, 2.24) is 26.6 Å². The summed E-state index contributed by atoms with van der Waals surface area (Å²) in [5.74, 6) is 0.186. The Bertz CT molecular complexity index is 1020. The van der Waals surface area contributed by atoms with Gasteiger partial charge in [-0.2, -0.15) is 11.8 Å². The largest absolute Gasteiger partial charge is 0.361 e. The van der Waals surface area contributed by atoms with E-state index in [-0.39, 0.29) is 47.6 Å². The van der Waals surface area contributed by atoms with Crippen LogP contribution in [0.25, 0.3) is 0 Å². The molecule has 7 atom stereocenters. The number of amides is 5. The Morgan fingerprint density at radius 3 is 1.95 bits per heavy atom. The lowest BCUT2D eigenvalue weighted by molar-refractivity contribution is -0.134. The lowest BCUT2D eigenvalue weighted by Crippen LogP contribution is -2.57. The van der Waals surface area contributed by atoms with Gasteiger partial charge in [0.2, 0.25) is 17.7 Å². The summed E-state index contributed by atoms with van der Waals surface area (Å²) in [5, 5.41) is 15.0. The number of ketones is 1. The number of nitrogens with one attached hydrogen (secondary N) is 5. The van der Waals surface area contributed by atoms with Crippen molar-refractivity contribution in [1.29, 1.82) is 0 Å². The number of Topliss-reactive ketones (excluding diaryl/α,β-unsaturated/α-hetero) is 1. The van der Waals surface area contributed by atoms with Gasteiger partial charge in [0.15, 0.2) is 5.78 Å². The molecule has 3 heterocycles. The number of ether oxygens (including phenoxy) is 1. The van der Waals surface area contributed by atoms with E-state index in [2.05, 4.69) is 26.6 Å². The fraction of sp³-hybridized carbons (Fsp3) is 0.839. The van der Waals surface area contributed by atoms with Gasteiger partial charge >= 0.3 is 6.03 Å². The third-order valence-electron chi connectivity index (χ3n) is 8.22. The van der Waals surface area contributed by atoms with Gasteiger partial charge in [-0.15, -0.1) is 0 Å². The van der Waals surface area contributed by atoms with Crippen LogP contribution >= 0.6 is 11.8 Å². The molecule has 3 saturated heterocycles. The molecule has 2 unspecified atom stereocenters. The predicted molar refractivity (Wildman–Crippen MR) is 167 cm³/mol. The lowest BCUT2D eigenvalue weighted by atomic mass is 9.92. The van der Waals surface area contributed by atoms with Crippen LogP contribution < -0.4 is 26.6 Å². The van der Waals surface area contributed by atoms with Gasteiger partial charge in [-0.05, 0) is 56.8 Å². The molecule has 0 aromatic rings. The Morgan fingerprint density at radius 1 is 0.860 bits per heavy atom. The topological polar surface area (TPSA) is 158 Å². The molecule has 0 spiro atoms. The summed E-state index contributed by atoms with van der Waals surface area (Å²) < 4.78 is 5.35. The van der Waals surface area contributed by atoms with E-state index in [0.29, 0.717) is 44.0 Å². The second-order valence-electron chi connectivity index (χ2n) is 13.9. The van der Waals surface area contributed by atoms with Crippen LogP contribution in [0.15, 0.2) is 0 Å². The van der Waals surface area contributed by atoms with Crippen molar-refractivity contribution in [3.05, 3.63) is 0 Å². The first-order valence-corrected chi connectivity index (χ1v) is 17.0. The van der Waals surface area contributed by atoms with Gasteiger partial charge < -0.3 is 31.3 Å². The van der Waals surface area contributed by atoms with Crippen LogP contribution in [0.5, 0.6) is 0 Å². The summed E-state index contributed by atoms with van der Waals surface area (Å²) in [5.41, 5.74) is -0.863. The first-order valence-electron chi connectivity index (χ1n) is 16.0. The molecule has 0 radical (unpaired) electrons. The number of epoxide rings is 1. The summed E-state index contributed by atoms with van der Waals surface area (Å²) in [6.07, 6.45) is 4.05. The molecule has 3 aliphatic rings. The van der Waals surface area contributed by atoms with E-state index in [4.69, 9.17) is 4.74 Å². The molecule has 244 valence electrons. The molecule has 11 nitrogen and oxygen atoms in total. The predicted octanol–water partition coefficient (Wildman–Crippen LogP) is 2.66. The molecule has 0 aliphatic carbocycles. The second kappa shape index (κ2) is 15.6.